The summed E-state index contributed by atoms with van der Waals surface area (Å²) in [7, 11) is 0. The van der Waals surface area contributed by atoms with E-state index in [4.69, 9.17) is 9.97 Å². The maximum atomic E-state index is 4.98. The summed E-state index contributed by atoms with van der Waals surface area (Å²) < 4.78 is 0. The number of nitrogens with one attached hydrogen (secondary N) is 1. The van der Waals surface area contributed by atoms with Gasteiger partial charge in [0, 0.05) is 23.5 Å². The second-order valence-electron chi connectivity index (χ2n) is 6.56. The molecule has 0 atom stereocenters. The first-order valence-electron chi connectivity index (χ1n) is 8.44. The van der Waals surface area contributed by atoms with E-state index in [1.54, 1.807) is 0 Å². The van der Waals surface area contributed by atoms with Gasteiger partial charge in [-0.1, -0.05) is 26.8 Å². The predicted octanol–water partition coefficient (Wildman–Crippen LogP) is 4.97. The quantitative estimate of drug-likeness (QED) is 0.870. The fraction of sp³-hybridized carbons (Fsp3) is 0.400. The number of fused-ring (bicyclic) bond motifs is 1. The summed E-state index contributed by atoms with van der Waals surface area (Å²) in [6, 6.07) is 6.54. The van der Waals surface area contributed by atoms with E-state index in [2.05, 4.69) is 64.2 Å². The van der Waals surface area contributed by atoms with Gasteiger partial charge in [0.15, 0.2) is 0 Å². The summed E-state index contributed by atoms with van der Waals surface area (Å²) in [6.07, 6.45) is 3.11. The molecule has 1 N–H and O–H groups in total. The Morgan fingerprint density at radius 3 is 2.61 bits per heavy atom. The predicted molar refractivity (Wildman–Crippen MR) is 97.8 cm³/mol. The van der Waals surface area contributed by atoms with Crippen molar-refractivity contribution < 1.29 is 0 Å². The molecule has 3 heterocycles. The molecule has 1 aliphatic heterocycles. The molecule has 0 radical (unpaired) electrons. The number of allylic oxidation sites excluding steroid dienone is 1. The van der Waals surface area contributed by atoms with Crippen LogP contribution in [0.25, 0.3) is 16.8 Å². The van der Waals surface area contributed by atoms with Crippen molar-refractivity contribution in [2.45, 2.75) is 47.0 Å². The normalized spacial score (nSPS) is 13.6. The monoisotopic (exact) mass is 307 g/mol. The molecule has 0 bridgehead atoms. The Morgan fingerprint density at radius 2 is 1.91 bits per heavy atom. The Morgan fingerprint density at radius 1 is 1.13 bits per heavy atom. The number of rotatable bonds is 3. The molecule has 120 valence electrons. The fourth-order valence-electron chi connectivity index (χ4n) is 3.06. The average molecular weight is 307 g/mol. The lowest BCUT2D eigenvalue weighted by molar-refractivity contribution is 0.807. The molecular weight excluding hydrogens is 282 g/mol. The maximum absolute atomic E-state index is 4.98. The van der Waals surface area contributed by atoms with Gasteiger partial charge in [-0.3, -0.25) is 4.98 Å². The van der Waals surface area contributed by atoms with Crippen molar-refractivity contribution in [1.82, 2.24) is 9.97 Å². The van der Waals surface area contributed by atoms with E-state index >= 15 is 0 Å². The van der Waals surface area contributed by atoms with E-state index in [0.717, 1.165) is 47.0 Å². The van der Waals surface area contributed by atoms with Crippen molar-refractivity contribution in [3.63, 3.8) is 0 Å². The van der Waals surface area contributed by atoms with Gasteiger partial charge in [0.1, 0.15) is 0 Å². The zero-order chi connectivity index (χ0) is 16.6. The summed E-state index contributed by atoms with van der Waals surface area (Å²) >= 11 is 0. The van der Waals surface area contributed by atoms with Gasteiger partial charge in [0.25, 0.3) is 0 Å². The number of hydrogen-bond acceptors (Lipinski definition) is 3. The third-order valence-electron chi connectivity index (χ3n) is 4.46. The minimum absolute atomic E-state index is 0.446. The zero-order valence-corrected chi connectivity index (χ0v) is 14.7. The molecule has 23 heavy (non-hydrogen) atoms. The maximum Gasteiger partial charge on any atom is 0.0895 e. The molecular formula is C20H25N3. The second-order valence-corrected chi connectivity index (χ2v) is 6.56. The van der Waals surface area contributed by atoms with Gasteiger partial charge >= 0.3 is 0 Å². The van der Waals surface area contributed by atoms with Crippen LogP contribution in [-0.2, 0) is 6.42 Å². The molecule has 3 rings (SSSR count). The molecule has 0 fully saturated rings. The Balaban J connectivity index is 2.16. The fourth-order valence-corrected chi connectivity index (χ4v) is 3.06. The molecule has 3 nitrogen and oxygen atoms in total. The van der Waals surface area contributed by atoms with Gasteiger partial charge < -0.3 is 5.32 Å². The van der Waals surface area contributed by atoms with E-state index < -0.39 is 0 Å². The summed E-state index contributed by atoms with van der Waals surface area (Å²) in [5.74, 6) is 0.446. The van der Waals surface area contributed by atoms with E-state index in [-0.39, 0.29) is 0 Å². The molecule has 0 amide bonds. The summed E-state index contributed by atoms with van der Waals surface area (Å²) in [4.78, 5) is 9.85. The van der Waals surface area contributed by atoms with Crippen molar-refractivity contribution in [3.05, 3.63) is 46.9 Å². The van der Waals surface area contributed by atoms with Crippen molar-refractivity contribution in [2.24, 2.45) is 0 Å². The molecule has 0 aliphatic carbocycles. The van der Waals surface area contributed by atoms with Crippen LogP contribution < -0.4 is 5.32 Å². The molecule has 0 spiro atoms. The number of aryl methyl sites for hydroxylation is 2. The van der Waals surface area contributed by atoms with Crippen LogP contribution in [0.2, 0.25) is 0 Å². The number of pyridine rings is 2. The highest BCUT2D eigenvalue weighted by molar-refractivity contribution is 5.79. The van der Waals surface area contributed by atoms with Gasteiger partial charge in [0.05, 0.1) is 17.1 Å². The van der Waals surface area contributed by atoms with Crippen molar-refractivity contribution in [2.75, 3.05) is 11.9 Å². The van der Waals surface area contributed by atoms with Gasteiger partial charge in [-0.25, -0.2) is 4.98 Å². The first-order chi connectivity index (χ1) is 11.0. The minimum atomic E-state index is 0.446. The molecule has 0 unspecified atom stereocenters. The standard InChI is InChI=1S/C20H25N3/c1-6-16-15(7-8-17(22-16)12(2)3)19-14(5)11-18-20(23-19)13(4)9-10-21-18/h7-9,11-12,21H,6,10H2,1-5H3. The van der Waals surface area contributed by atoms with E-state index in [1.165, 1.54) is 11.1 Å². The van der Waals surface area contributed by atoms with Gasteiger partial charge in [0.2, 0.25) is 0 Å². The Hall–Kier alpha value is -2.16. The van der Waals surface area contributed by atoms with E-state index in [9.17, 15) is 0 Å². The highest BCUT2D eigenvalue weighted by Gasteiger charge is 2.17. The van der Waals surface area contributed by atoms with Gasteiger partial charge in [-0.15, -0.1) is 0 Å². The van der Waals surface area contributed by atoms with Gasteiger partial charge in [-0.2, -0.15) is 0 Å². The van der Waals surface area contributed by atoms with Crippen molar-refractivity contribution >= 4 is 11.3 Å². The van der Waals surface area contributed by atoms with E-state index in [1.807, 2.05) is 0 Å². The minimum Gasteiger partial charge on any atom is -0.380 e. The molecule has 0 aromatic carbocycles. The van der Waals surface area contributed by atoms with Crippen LogP contribution in [-0.4, -0.2) is 16.5 Å². The van der Waals surface area contributed by atoms with Crippen LogP contribution in [0.15, 0.2) is 24.3 Å². The summed E-state index contributed by atoms with van der Waals surface area (Å²) in [5.41, 5.74) is 9.14. The molecule has 3 heteroatoms. The van der Waals surface area contributed by atoms with Gasteiger partial charge in [-0.05, 0) is 55.5 Å². The van der Waals surface area contributed by atoms with Crippen LogP contribution in [0, 0.1) is 6.92 Å². The topological polar surface area (TPSA) is 37.8 Å². The average Bonchev–Trinajstić information content (AvgIpc) is 2.54. The number of nitrogens with zero attached hydrogens (tertiary/aromatic N) is 2. The molecule has 0 saturated carbocycles. The smallest absolute Gasteiger partial charge is 0.0895 e. The van der Waals surface area contributed by atoms with Crippen LogP contribution in [0.4, 0.5) is 5.69 Å². The highest BCUT2D eigenvalue weighted by atomic mass is 14.9. The van der Waals surface area contributed by atoms with E-state index in [0.29, 0.717) is 5.92 Å². The Kier molecular flexibility index (Phi) is 4.20. The lowest BCUT2D eigenvalue weighted by Crippen LogP contribution is -2.10. The molecule has 1 aliphatic rings. The van der Waals surface area contributed by atoms with Crippen LogP contribution in [0.1, 0.15) is 56.3 Å². The number of anilines is 1. The SMILES string of the molecule is CCc1nc(C(C)C)ccc1-c1nc2c(cc1C)NCC=C2C. The third kappa shape index (κ3) is 2.88. The first kappa shape index (κ1) is 15.7. The Labute approximate surface area is 138 Å². The van der Waals surface area contributed by atoms with Crippen LogP contribution >= 0.6 is 0 Å². The third-order valence-corrected chi connectivity index (χ3v) is 4.46. The van der Waals surface area contributed by atoms with Crippen molar-refractivity contribution in [1.29, 1.82) is 0 Å². The summed E-state index contributed by atoms with van der Waals surface area (Å²) in [5, 5.41) is 3.41. The lowest BCUT2D eigenvalue weighted by Gasteiger charge is -2.20. The lowest BCUT2D eigenvalue weighted by atomic mass is 9.98. The van der Waals surface area contributed by atoms with Crippen molar-refractivity contribution in [3.8, 4) is 11.3 Å². The first-order valence-corrected chi connectivity index (χ1v) is 8.44. The second kappa shape index (κ2) is 6.15. The molecule has 2 aromatic heterocycles. The molecule has 0 saturated heterocycles. The molecule has 2 aromatic rings. The van der Waals surface area contributed by atoms with Crippen LogP contribution in [0.3, 0.4) is 0 Å². The number of aromatic nitrogens is 2. The van der Waals surface area contributed by atoms with Crippen LogP contribution in [0.5, 0.6) is 0 Å². The Bertz CT molecular complexity index is 773. The summed E-state index contributed by atoms with van der Waals surface area (Å²) in [6.45, 7) is 11.7. The highest BCUT2D eigenvalue weighted by Crippen LogP contribution is 2.33. The number of hydrogen-bond donors (Lipinski definition) is 1. The zero-order valence-electron chi connectivity index (χ0n) is 14.7. The largest absolute Gasteiger partial charge is 0.380 e.